The number of hydrogen-bond donors (Lipinski definition) is 4. The fraction of sp³-hybridized carbons (Fsp3) is 0.392. The Hall–Kier alpha value is -5.82. The topological polar surface area (TPSA) is 182 Å². The molecule has 1 unspecified atom stereocenters. The Balaban J connectivity index is 0.854. The number of aliphatic hydroxyl groups is 2. The molecule has 4 aromatic rings. The minimum absolute atomic E-state index is 0.0451. The van der Waals surface area contributed by atoms with Gasteiger partial charge in [-0.25, -0.2) is 14.0 Å². The Labute approximate surface area is 365 Å². The second-order valence-electron chi connectivity index (χ2n) is 18.2. The average Bonchev–Trinajstić information content (AvgIpc) is 3.48. The van der Waals surface area contributed by atoms with Gasteiger partial charge in [0.05, 0.1) is 23.1 Å². The monoisotopic (exact) mass is 856 g/mol. The van der Waals surface area contributed by atoms with E-state index in [0.29, 0.717) is 49.1 Å². The summed E-state index contributed by atoms with van der Waals surface area (Å²) in [5.74, 6) is -4.87. The fourth-order valence-corrected chi connectivity index (χ4v) is 11.4. The SMILES string of the molecule is C[C@@H]1C[C@H]2[C@@H]3CCC4=CC(=O)C=C[C@]4(C)[C@@]3(F)[C@@H](O)C[C@]2(C)[C@@]1(O)C(=O)COC(=O)c1ccc(C(=O)OCc2ccc(C(CCN)C(=O)Nc3ccc4ccccc4c3)cc2)cc1. The van der Waals surface area contributed by atoms with Crippen molar-refractivity contribution in [1.29, 1.82) is 0 Å². The molecule has 8 rings (SSSR count). The number of anilines is 1. The van der Waals surface area contributed by atoms with Crippen LogP contribution in [0, 0.1) is 28.6 Å². The standard InChI is InChI=1S/C51H53FN2O9/c1-30-24-42-41-19-17-37-26-39(55)20-22-48(37,2)50(41,52)43(56)27-49(42,3)51(30,61)44(57)29-63-47(60)35-14-12-34(13-15-35)46(59)62-28-31-8-10-33(11-9-31)40(21-23-53)45(58)54-38-18-16-32-6-4-5-7-36(32)25-38/h4-16,18,20,22,25-26,30,40-43,56,61H,17,19,21,23-24,27-29,53H2,1-3H3,(H,54,58)/t30-,40?,41+,42+,43+,48+,49+,50+,51+/m1/s1. The lowest BCUT2D eigenvalue weighted by molar-refractivity contribution is -0.219. The molecule has 0 radical (unpaired) electrons. The van der Waals surface area contributed by atoms with Gasteiger partial charge in [0, 0.05) is 22.4 Å². The third-order valence-corrected chi connectivity index (χ3v) is 14.9. The summed E-state index contributed by atoms with van der Waals surface area (Å²) in [7, 11) is 0. The molecular weight excluding hydrogens is 804 g/mol. The van der Waals surface area contributed by atoms with E-state index in [1.54, 1.807) is 39.0 Å². The first-order valence-electron chi connectivity index (χ1n) is 21.6. The number of halogens is 1. The Morgan fingerprint density at radius 2 is 1.57 bits per heavy atom. The molecule has 0 aliphatic heterocycles. The van der Waals surface area contributed by atoms with E-state index in [4.69, 9.17) is 15.2 Å². The highest BCUT2D eigenvalue weighted by Gasteiger charge is 2.75. The van der Waals surface area contributed by atoms with Gasteiger partial charge in [0.15, 0.2) is 18.1 Å². The Kier molecular flexibility index (Phi) is 11.6. The van der Waals surface area contributed by atoms with Crippen LogP contribution in [0.25, 0.3) is 10.8 Å². The molecule has 4 aliphatic carbocycles. The highest BCUT2D eigenvalue weighted by atomic mass is 19.1. The van der Waals surface area contributed by atoms with Crippen LogP contribution >= 0.6 is 0 Å². The first kappa shape index (κ1) is 43.8. The van der Waals surface area contributed by atoms with Crippen LogP contribution in [0.15, 0.2) is 115 Å². The van der Waals surface area contributed by atoms with Crippen molar-refractivity contribution >= 4 is 45.9 Å². The maximum atomic E-state index is 17.5. The van der Waals surface area contributed by atoms with E-state index in [1.807, 2.05) is 54.6 Å². The van der Waals surface area contributed by atoms with Gasteiger partial charge in [-0.15, -0.1) is 0 Å². The number of alkyl halides is 1. The molecule has 9 atom stereocenters. The molecule has 0 saturated heterocycles. The van der Waals surface area contributed by atoms with Crippen molar-refractivity contribution < 1.29 is 48.0 Å². The van der Waals surface area contributed by atoms with Gasteiger partial charge in [-0.05, 0) is 128 Å². The Bertz CT molecular complexity index is 2540. The van der Waals surface area contributed by atoms with Crippen LogP contribution in [-0.2, 0) is 30.5 Å². The van der Waals surface area contributed by atoms with E-state index in [-0.39, 0.29) is 35.8 Å². The maximum absolute atomic E-state index is 17.5. The molecule has 0 spiro atoms. The van der Waals surface area contributed by atoms with Crippen molar-refractivity contribution in [3.05, 3.63) is 137 Å². The summed E-state index contributed by atoms with van der Waals surface area (Å²) < 4.78 is 28.5. The first-order valence-corrected chi connectivity index (χ1v) is 21.6. The van der Waals surface area contributed by atoms with Crippen molar-refractivity contribution in [3.8, 4) is 0 Å². The molecule has 3 fully saturated rings. The number of Topliss-reactive ketones (excluding diaryl/α,β-unsaturated/α-hetero) is 1. The number of ketones is 2. The molecular formula is C51H53FN2O9. The number of nitrogens with two attached hydrogens (primary N) is 1. The summed E-state index contributed by atoms with van der Waals surface area (Å²) >= 11 is 0. The zero-order valence-corrected chi connectivity index (χ0v) is 35.6. The van der Waals surface area contributed by atoms with Crippen molar-refractivity contribution in [2.75, 3.05) is 18.5 Å². The summed E-state index contributed by atoms with van der Waals surface area (Å²) in [6.45, 7) is 4.68. The van der Waals surface area contributed by atoms with E-state index in [1.165, 1.54) is 36.4 Å². The van der Waals surface area contributed by atoms with E-state index >= 15 is 4.39 Å². The fourth-order valence-electron chi connectivity index (χ4n) is 11.4. The molecule has 12 heteroatoms. The lowest BCUT2D eigenvalue weighted by Gasteiger charge is -2.62. The third kappa shape index (κ3) is 7.41. The second kappa shape index (κ2) is 16.7. The number of esters is 2. The van der Waals surface area contributed by atoms with Gasteiger partial charge in [0.2, 0.25) is 11.7 Å². The van der Waals surface area contributed by atoms with Gasteiger partial charge < -0.3 is 30.7 Å². The number of carbonyl (C=O) groups is 5. The van der Waals surface area contributed by atoms with Crippen LogP contribution < -0.4 is 11.1 Å². The minimum atomic E-state index is -2.11. The largest absolute Gasteiger partial charge is 0.457 e. The normalized spacial score (nSPS) is 30.0. The summed E-state index contributed by atoms with van der Waals surface area (Å²) in [6, 6.07) is 26.4. The summed E-state index contributed by atoms with van der Waals surface area (Å²) in [6.07, 6.45) is 4.22. The number of fused-ring (bicyclic) bond motifs is 6. The van der Waals surface area contributed by atoms with Gasteiger partial charge in [-0.1, -0.05) is 80.1 Å². The van der Waals surface area contributed by atoms with Crippen LogP contribution in [0.3, 0.4) is 0 Å². The molecule has 0 heterocycles. The first-order chi connectivity index (χ1) is 30.0. The van der Waals surface area contributed by atoms with Gasteiger partial charge in [-0.2, -0.15) is 0 Å². The molecule has 5 N–H and O–H groups in total. The number of carbonyl (C=O) groups excluding carboxylic acids is 5. The number of ether oxygens (including phenoxy) is 2. The van der Waals surface area contributed by atoms with Crippen LogP contribution in [0.5, 0.6) is 0 Å². The molecule has 1 amide bonds. The number of benzene rings is 4. The van der Waals surface area contributed by atoms with Gasteiger partial charge >= 0.3 is 11.9 Å². The van der Waals surface area contributed by atoms with E-state index in [9.17, 15) is 34.2 Å². The van der Waals surface area contributed by atoms with Gasteiger partial charge in [-0.3, -0.25) is 14.4 Å². The van der Waals surface area contributed by atoms with Gasteiger partial charge in [0.25, 0.3) is 0 Å². The zero-order chi connectivity index (χ0) is 44.9. The van der Waals surface area contributed by atoms with Crippen molar-refractivity contribution in [2.45, 2.75) is 82.8 Å². The minimum Gasteiger partial charge on any atom is -0.457 e. The van der Waals surface area contributed by atoms with E-state index in [2.05, 4.69) is 5.32 Å². The number of allylic oxidation sites excluding steroid dienone is 4. The smallest absolute Gasteiger partial charge is 0.338 e. The highest BCUT2D eigenvalue weighted by molar-refractivity contribution is 6.01. The number of rotatable bonds is 12. The summed E-state index contributed by atoms with van der Waals surface area (Å²) in [4.78, 5) is 65.6. The summed E-state index contributed by atoms with van der Waals surface area (Å²) in [5.41, 5.74) is 2.38. The summed E-state index contributed by atoms with van der Waals surface area (Å²) in [5, 5.41) is 29.0. The van der Waals surface area contributed by atoms with Gasteiger partial charge in [0.1, 0.15) is 12.2 Å². The van der Waals surface area contributed by atoms with Crippen LogP contribution in [0.4, 0.5) is 10.1 Å². The highest BCUT2D eigenvalue weighted by Crippen LogP contribution is 2.70. The second-order valence-corrected chi connectivity index (χ2v) is 18.2. The quantitative estimate of drug-likeness (QED) is 0.105. The van der Waals surface area contributed by atoms with Crippen molar-refractivity contribution in [3.63, 3.8) is 0 Å². The lowest BCUT2D eigenvalue weighted by atomic mass is 9.44. The molecule has 0 aromatic heterocycles. The molecule has 4 aliphatic rings. The van der Waals surface area contributed by atoms with Crippen LogP contribution in [0.2, 0.25) is 0 Å². The molecule has 328 valence electrons. The third-order valence-electron chi connectivity index (χ3n) is 14.9. The predicted molar refractivity (Wildman–Crippen MR) is 234 cm³/mol. The molecule has 0 bridgehead atoms. The lowest BCUT2D eigenvalue weighted by Crippen LogP contribution is -2.69. The molecule has 11 nitrogen and oxygen atoms in total. The predicted octanol–water partition coefficient (Wildman–Crippen LogP) is 7.34. The molecule has 4 aromatic carbocycles. The number of hydrogen-bond acceptors (Lipinski definition) is 10. The number of nitrogens with one attached hydrogen (secondary N) is 1. The van der Waals surface area contributed by atoms with Crippen LogP contribution in [-0.4, -0.2) is 70.2 Å². The number of aliphatic hydroxyl groups excluding tert-OH is 1. The number of amides is 1. The molecule has 3 saturated carbocycles. The van der Waals surface area contributed by atoms with Crippen molar-refractivity contribution in [2.24, 2.45) is 34.3 Å². The zero-order valence-electron chi connectivity index (χ0n) is 35.6. The maximum Gasteiger partial charge on any atom is 0.338 e. The van der Waals surface area contributed by atoms with Crippen molar-refractivity contribution in [1.82, 2.24) is 0 Å². The average molecular weight is 857 g/mol. The molecule has 63 heavy (non-hydrogen) atoms. The Morgan fingerprint density at radius 1 is 0.905 bits per heavy atom. The Morgan fingerprint density at radius 3 is 2.25 bits per heavy atom. The van der Waals surface area contributed by atoms with E-state index in [0.717, 1.165) is 16.3 Å². The van der Waals surface area contributed by atoms with E-state index < -0.39 is 76.2 Å². The van der Waals surface area contributed by atoms with Crippen LogP contribution in [0.1, 0.15) is 90.6 Å².